The normalized spacial score (nSPS) is 16.0. The molecule has 340 valence electrons. The lowest BCUT2D eigenvalue weighted by Crippen LogP contribution is -2.52. The summed E-state index contributed by atoms with van der Waals surface area (Å²) in [6.07, 6.45) is 3.60. The van der Waals surface area contributed by atoms with E-state index in [0.717, 1.165) is 33.4 Å². The molecule has 2 aromatic carbocycles. The summed E-state index contributed by atoms with van der Waals surface area (Å²) < 4.78 is 24.0. The summed E-state index contributed by atoms with van der Waals surface area (Å²) in [5.74, 6) is -0.498. The Kier molecular flexibility index (Phi) is 14.5. The zero-order valence-electron chi connectivity index (χ0n) is 36.9. The number of halogens is 2. The lowest BCUT2D eigenvalue weighted by Gasteiger charge is -2.35. The number of benzene rings is 2. The van der Waals surface area contributed by atoms with E-state index in [9.17, 15) is 25.1 Å². The summed E-state index contributed by atoms with van der Waals surface area (Å²) in [5.41, 5.74) is 5.36. The number of carboxylic acids is 1. The molecule has 1 fully saturated rings. The Hall–Kier alpha value is -6.02. The van der Waals surface area contributed by atoms with Crippen molar-refractivity contribution >= 4 is 35.3 Å². The van der Waals surface area contributed by atoms with Crippen molar-refractivity contribution < 1.29 is 38.7 Å². The number of amides is 1. The Morgan fingerprint density at radius 1 is 0.923 bits per heavy atom. The molecule has 1 aliphatic heterocycles. The highest BCUT2D eigenvalue weighted by molar-refractivity contribution is 6.36. The minimum atomic E-state index is -1.64. The molecule has 15 nitrogen and oxygen atoms in total. The number of pyridine rings is 3. The van der Waals surface area contributed by atoms with Gasteiger partial charge in [-0.2, -0.15) is 10.2 Å². The van der Waals surface area contributed by atoms with Crippen LogP contribution in [0.25, 0.3) is 22.4 Å². The van der Waals surface area contributed by atoms with Crippen LogP contribution in [0.3, 0.4) is 0 Å². The van der Waals surface area contributed by atoms with E-state index in [0.29, 0.717) is 78.9 Å². The van der Waals surface area contributed by atoms with Crippen molar-refractivity contribution in [2.75, 3.05) is 39.9 Å². The number of hydrogen-bond donors (Lipinski definition) is 3. The van der Waals surface area contributed by atoms with Crippen LogP contribution in [-0.2, 0) is 35.6 Å². The number of fused-ring (bicyclic) bond motifs is 1. The lowest BCUT2D eigenvalue weighted by atomic mass is 9.94. The van der Waals surface area contributed by atoms with E-state index >= 15 is 0 Å². The van der Waals surface area contributed by atoms with Gasteiger partial charge in [0, 0.05) is 79.5 Å². The predicted molar refractivity (Wildman–Crippen MR) is 244 cm³/mol. The van der Waals surface area contributed by atoms with Gasteiger partial charge in [0.2, 0.25) is 17.6 Å². The highest BCUT2D eigenvalue weighted by Gasteiger charge is 2.33. The van der Waals surface area contributed by atoms with E-state index in [1.807, 2.05) is 69.3 Å². The molecule has 5 aromatic rings. The standard InChI is InChI=1S/C48H51Cl2N7O8/c1-47(2,3)65-46(61)57-18-16-56(17-19-57)26-31-12-14-39(54-42(31)62-5)37-11-7-10-36(41(37)50)33-8-6-9-35-34(33)13-15-40(35)64-44-38(49)21-32(25-53-48(4,28-58)45(59)60)43(55-44)63-27-30-20-29(22-51)23-52-24-30/h6-12,14,20-21,23-24,40,53,58H,13,15-19,25-28H2,1-5H3,(H,59,60)/t40-,48?/m0/s1. The summed E-state index contributed by atoms with van der Waals surface area (Å²) in [5, 5.41) is 32.5. The number of nitrogens with zero attached hydrogens (tertiary/aromatic N) is 6. The molecule has 2 aliphatic rings. The number of rotatable bonds is 15. The Morgan fingerprint density at radius 3 is 2.37 bits per heavy atom. The second-order valence-electron chi connectivity index (χ2n) is 17.2. The number of methoxy groups -OCH3 is 1. The second-order valence-corrected chi connectivity index (χ2v) is 18.0. The Labute approximate surface area is 387 Å². The van der Waals surface area contributed by atoms with Crippen molar-refractivity contribution in [3.05, 3.63) is 116 Å². The first-order chi connectivity index (χ1) is 31.1. The maximum atomic E-state index is 12.6. The summed E-state index contributed by atoms with van der Waals surface area (Å²) >= 11 is 14.1. The summed E-state index contributed by atoms with van der Waals surface area (Å²) in [4.78, 5) is 42.2. The molecule has 65 heavy (non-hydrogen) atoms. The molecule has 7 rings (SSSR count). The monoisotopic (exact) mass is 923 g/mol. The van der Waals surface area contributed by atoms with Crippen LogP contribution < -0.4 is 19.5 Å². The Morgan fingerprint density at radius 2 is 1.66 bits per heavy atom. The second kappa shape index (κ2) is 20.0. The van der Waals surface area contributed by atoms with E-state index in [2.05, 4.69) is 26.3 Å². The van der Waals surface area contributed by atoms with Gasteiger partial charge in [-0.15, -0.1) is 0 Å². The van der Waals surface area contributed by atoms with Crippen LogP contribution >= 0.6 is 23.2 Å². The minimum Gasteiger partial charge on any atom is -0.481 e. The average Bonchev–Trinajstić information content (AvgIpc) is 3.71. The fourth-order valence-corrected chi connectivity index (χ4v) is 8.28. The maximum Gasteiger partial charge on any atom is 0.410 e. The number of carboxylic acid groups (broad SMARTS) is 1. The number of aliphatic hydroxyl groups excluding tert-OH is 1. The van der Waals surface area contributed by atoms with Crippen molar-refractivity contribution in [3.63, 3.8) is 0 Å². The zero-order chi connectivity index (χ0) is 46.5. The fraction of sp³-hybridized carbons (Fsp3) is 0.375. The molecule has 0 spiro atoms. The van der Waals surface area contributed by atoms with Crippen molar-refractivity contribution in [3.8, 4) is 46.1 Å². The molecule has 4 heterocycles. The molecule has 1 unspecified atom stereocenters. The molecular weight excluding hydrogens is 873 g/mol. The molecule has 3 N–H and O–H groups in total. The minimum absolute atomic E-state index is 0.00202. The summed E-state index contributed by atoms with van der Waals surface area (Å²) in [6.45, 7) is 9.36. The summed E-state index contributed by atoms with van der Waals surface area (Å²) in [7, 11) is 1.60. The predicted octanol–water partition coefficient (Wildman–Crippen LogP) is 8.02. The number of hydrogen-bond acceptors (Lipinski definition) is 13. The summed E-state index contributed by atoms with van der Waals surface area (Å²) in [6, 6.07) is 21.2. The number of piperazine rings is 1. The average molecular weight is 925 g/mol. The first kappa shape index (κ1) is 47.0. The van der Waals surface area contributed by atoms with E-state index in [-0.39, 0.29) is 36.0 Å². The van der Waals surface area contributed by atoms with Gasteiger partial charge in [-0.3, -0.25) is 20.0 Å². The van der Waals surface area contributed by atoms with Crippen LogP contribution in [0.4, 0.5) is 4.79 Å². The van der Waals surface area contributed by atoms with Gasteiger partial charge in [-0.25, -0.2) is 9.78 Å². The lowest BCUT2D eigenvalue weighted by molar-refractivity contribution is -0.145. The van der Waals surface area contributed by atoms with Crippen LogP contribution in [0.5, 0.6) is 17.6 Å². The number of carbonyl (C=O) groups excluding carboxylic acids is 1. The fourth-order valence-electron chi connectivity index (χ4n) is 7.73. The van der Waals surface area contributed by atoms with Gasteiger partial charge in [-0.1, -0.05) is 65.7 Å². The van der Waals surface area contributed by atoms with Crippen LogP contribution in [0.2, 0.25) is 10.0 Å². The molecule has 1 aliphatic carbocycles. The van der Waals surface area contributed by atoms with Gasteiger partial charge in [0.05, 0.1) is 30.0 Å². The van der Waals surface area contributed by atoms with Gasteiger partial charge in [0.15, 0.2) is 0 Å². The SMILES string of the molecule is COc1nc(-c2cccc(-c3cccc4c3CC[C@@H]4Oc3nc(OCc4cncc(C#N)c4)c(CNC(C)(CO)C(=O)O)cc3Cl)c2Cl)ccc1CN1CCN(C(=O)OC(C)(C)C)CC1. The smallest absolute Gasteiger partial charge is 0.410 e. The van der Waals surface area contributed by atoms with Crippen molar-refractivity contribution in [2.24, 2.45) is 0 Å². The molecule has 1 amide bonds. The molecule has 3 aromatic heterocycles. The number of nitriles is 1. The van der Waals surface area contributed by atoms with Gasteiger partial charge in [-0.05, 0) is 75.4 Å². The largest absolute Gasteiger partial charge is 0.481 e. The first-order valence-electron chi connectivity index (χ1n) is 21.2. The van der Waals surface area contributed by atoms with Crippen LogP contribution in [-0.4, -0.2) is 98.1 Å². The third-order valence-electron chi connectivity index (χ3n) is 11.3. The maximum absolute atomic E-state index is 12.6. The highest BCUT2D eigenvalue weighted by Crippen LogP contribution is 2.45. The number of ether oxygens (including phenoxy) is 4. The van der Waals surface area contributed by atoms with E-state index in [1.165, 1.54) is 13.1 Å². The van der Waals surface area contributed by atoms with E-state index in [1.54, 1.807) is 30.3 Å². The molecule has 0 radical (unpaired) electrons. The number of aliphatic carboxylic acids is 1. The number of carbonyl (C=O) groups is 2. The molecule has 0 bridgehead atoms. The Bertz CT molecular complexity index is 2610. The van der Waals surface area contributed by atoms with Crippen LogP contribution in [0, 0.1) is 11.3 Å². The topological polar surface area (TPSA) is 192 Å². The van der Waals surface area contributed by atoms with Crippen LogP contribution in [0.1, 0.15) is 73.6 Å². The number of aromatic nitrogens is 3. The van der Waals surface area contributed by atoms with Gasteiger partial charge < -0.3 is 34.1 Å². The third-order valence-corrected chi connectivity index (χ3v) is 12.0. The molecule has 0 saturated carbocycles. The number of nitrogens with one attached hydrogen (secondary N) is 1. The Balaban J connectivity index is 1.10. The number of aliphatic hydroxyl groups is 1. The molecule has 2 atom stereocenters. The van der Waals surface area contributed by atoms with Crippen LogP contribution in [0.15, 0.2) is 73.1 Å². The van der Waals surface area contributed by atoms with Gasteiger partial charge >= 0.3 is 12.1 Å². The quantitative estimate of drug-likeness (QED) is 0.0914. The molecule has 1 saturated heterocycles. The van der Waals surface area contributed by atoms with Crippen molar-refractivity contribution in [2.45, 2.75) is 77.5 Å². The van der Waals surface area contributed by atoms with Gasteiger partial charge in [0.1, 0.15) is 34.9 Å². The van der Waals surface area contributed by atoms with Crippen molar-refractivity contribution in [1.82, 2.24) is 30.1 Å². The third kappa shape index (κ3) is 10.9. The first-order valence-corrected chi connectivity index (χ1v) is 21.9. The zero-order valence-corrected chi connectivity index (χ0v) is 38.4. The van der Waals surface area contributed by atoms with Crippen molar-refractivity contribution in [1.29, 1.82) is 5.26 Å². The van der Waals surface area contributed by atoms with Gasteiger partial charge in [0.25, 0.3) is 0 Å². The highest BCUT2D eigenvalue weighted by atomic mass is 35.5. The van der Waals surface area contributed by atoms with E-state index in [4.69, 9.17) is 47.1 Å². The molecular formula is C48H51Cl2N7O8. The molecule has 17 heteroatoms. The van der Waals surface area contributed by atoms with E-state index < -0.39 is 29.8 Å².